The van der Waals surface area contributed by atoms with E-state index in [2.05, 4.69) is 38.7 Å². The Morgan fingerprint density at radius 2 is 1.96 bits per heavy atom. The molecule has 6 nitrogen and oxygen atoms in total. The van der Waals surface area contributed by atoms with E-state index >= 15 is 0 Å². The van der Waals surface area contributed by atoms with Crippen LogP contribution in [0.5, 0.6) is 0 Å². The van der Waals surface area contributed by atoms with Gasteiger partial charge in [-0.3, -0.25) is 4.79 Å². The molecule has 6 heteroatoms. The van der Waals surface area contributed by atoms with Crippen LogP contribution in [-0.2, 0) is 4.79 Å². The van der Waals surface area contributed by atoms with Gasteiger partial charge in [-0.1, -0.05) is 13.8 Å². The molecule has 2 aliphatic rings. The van der Waals surface area contributed by atoms with Crippen molar-refractivity contribution in [1.82, 2.24) is 20.0 Å². The molecule has 0 atom stereocenters. The maximum atomic E-state index is 12.9. The highest BCUT2D eigenvalue weighted by atomic mass is 16.2. The van der Waals surface area contributed by atoms with E-state index in [1.807, 2.05) is 12.1 Å². The molecule has 0 saturated carbocycles. The van der Waals surface area contributed by atoms with Crippen LogP contribution in [0, 0.1) is 11.8 Å². The molecule has 0 unspecified atom stereocenters. The smallest absolute Gasteiger partial charge is 0.225 e. The molecule has 2 saturated heterocycles. The Morgan fingerprint density at radius 3 is 2.64 bits per heavy atom. The monoisotopic (exact) mass is 345 g/mol. The van der Waals surface area contributed by atoms with E-state index in [0.29, 0.717) is 11.8 Å². The zero-order valence-electron chi connectivity index (χ0n) is 15.6. The highest BCUT2D eigenvalue weighted by molar-refractivity contribution is 5.79. The number of carbonyl (C=O) groups excluding carboxylic acids is 1. The molecular weight excluding hydrogens is 314 g/mol. The molecule has 1 aromatic rings. The van der Waals surface area contributed by atoms with Gasteiger partial charge in [0.05, 0.1) is 0 Å². The predicted molar refractivity (Wildman–Crippen MR) is 99.4 cm³/mol. The second kappa shape index (κ2) is 8.61. The quantitative estimate of drug-likeness (QED) is 0.834. The van der Waals surface area contributed by atoms with E-state index in [-0.39, 0.29) is 5.92 Å². The lowest BCUT2D eigenvalue weighted by atomic mass is 9.94. The van der Waals surface area contributed by atoms with E-state index in [1.54, 1.807) is 6.20 Å². The summed E-state index contributed by atoms with van der Waals surface area (Å²) in [5, 5.41) is 8.17. The van der Waals surface area contributed by atoms with Gasteiger partial charge in [-0.2, -0.15) is 5.10 Å². The van der Waals surface area contributed by atoms with Crippen molar-refractivity contribution in [2.24, 2.45) is 11.8 Å². The number of aromatic nitrogens is 2. The number of rotatable bonds is 4. The van der Waals surface area contributed by atoms with Gasteiger partial charge in [0.15, 0.2) is 5.82 Å². The van der Waals surface area contributed by atoms with Crippen LogP contribution < -0.4 is 4.90 Å². The number of anilines is 1. The molecular formula is C19H31N5O. The molecule has 0 aromatic carbocycles. The van der Waals surface area contributed by atoms with Crippen LogP contribution in [0.1, 0.15) is 33.1 Å². The number of hydrogen-bond donors (Lipinski definition) is 0. The lowest BCUT2D eigenvalue weighted by Gasteiger charge is -2.34. The van der Waals surface area contributed by atoms with E-state index in [9.17, 15) is 4.79 Å². The molecule has 1 amide bonds. The minimum absolute atomic E-state index is 0.214. The van der Waals surface area contributed by atoms with Crippen molar-refractivity contribution < 1.29 is 4.79 Å². The molecule has 3 rings (SSSR count). The normalized spacial score (nSPS) is 20.8. The van der Waals surface area contributed by atoms with Crippen molar-refractivity contribution in [3.05, 3.63) is 18.3 Å². The van der Waals surface area contributed by atoms with Crippen molar-refractivity contribution in [3.8, 4) is 0 Å². The number of nitrogens with zero attached hydrogens (tertiary/aromatic N) is 5. The molecule has 0 spiro atoms. The molecule has 25 heavy (non-hydrogen) atoms. The summed E-state index contributed by atoms with van der Waals surface area (Å²) in [5.41, 5.74) is 0. The maximum Gasteiger partial charge on any atom is 0.225 e. The van der Waals surface area contributed by atoms with Crippen molar-refractivity contribution in [1.29, 1.82) is 0 Å². The van der Waals surface area contributed by atoms with Crippen molar-refractivity contribution in [2.45, 2.75) is 33.1 Å². The topological polar surface area (TPSA) is 52.6 Å². The van der Waals surface area contributed by atoms with Gasteiger partial charge in [0.25, 0.3) is 0 Å². The summed E-state index contributed by atoms with van der Waals surface area (Å²) < 4.78 is 0. The maximum absolute atomic E-state index is 12.9. The first kappa shape index (κ1) is 18.1. The summed E-state index contributed by atoms with van der Waals surface area (Å²) in [4.78, 5) is 19.8. The molecule has 1 aromatic heterocycles. The average Bonchev–Trinajstić information content (AvgIpc) is 2.88. The summed E-state index contributed by atoms with van der Waals surface area (Å²) in [7, 11) is 0. The lowest BCUT2D eigenvalue weighted by Crippen LogP contribution is -2.44. The fourth-order valence-corrected chi connectivity index (χ4v) is 3.97. The minimum atomic E-state index is 0.214. The molecule has 0 bridgehead atoms. The Hall–Kier alpha value is -1.69. The first-order valence-corrected chi connectivity index (χ1v) is 9.67. The molecule has 138 valence electrons. The zero-order chi connectivity index (χ0) is 17.6. The molecule has 2 fully saturated rings. The fourth-order valence-electron chi connectivity index (χ4n) is 3.97. The van der Waals surface area contributed by atoms with Crippen LogP contribution >= 0.6 is 0 Å². The molecule has 0 N–H and O–H groups in total. The summed E-state index contributed by atoms with van der Waals surface area (Å²) in [6.45, 7) is 11.2. The van der Waals surface area contributed by atoms with Gasteiger partial charge in [0.1, 0.15) is 0 Å². The van der Waals surface area contributed by atoms with Crippen LogP contribution in [0.4, 0.5) is 5.82 Å². The summed E-state index contributed by atoms with van der Waals surface area (Å²) in [6.07, 6.45) is 4.71. The van der Waals surface area contributed by atoms with Gasteiger partial charge < -0.3 is 14.7 Å². The SMILES string of the molecule is CC(C)CN1CCC(C(=O)N2CCCN(c3cccnn3)CC2)CC1. The van der Waals surface area contributed by atoms with Gasteiger partial charge in [-0.05, 0) is 50.4 Å². The largest absolute Gasteiger partial charge is 0.353 e. The van der Waals surface area contributed by atoms with Crippen LogP contribution in [-0.4, -0.2) is 71.7 Å². The van der Waals surface area contributed by atoms with Crippen LogP contribution in [0.2, 0.25) is 0 Å². The molecule has 3 heterocycles. The number of carbonyl (C=O) groups is 1. The highest BCUT2D eigenvalue weighted by Crippen LogP contribution is 2.22. The Labute approximate surface area is 151 Å². The number of amides is 1. The van der Waals surface area contributed by atoms with Gasteiger partial charge >= 0.3 is 0 Å². The van der Waals surface area contributed by atoms with E-state index < -0.39 is 0 Å². The summed E-state index contributed by atoms with van der Waals surface area (Å²) >= 11 is 0. The third-order valence-corrected chi connectivity index (χ3v) is 5.25. The Balaban J connectivity index is 1.50. The number of piperidine rings is 1. The first-order chi connectivity index (χ1) is 12.1. The molecule has 2 aliphatic heterocycles. The molecule has 0 aliphatic carbocycles. The van der Waals surface area contributed by atoms with Gasteiger partial charge in [0, 0.05) is 44.8 Å². The van der Waals surface area contributed by atoms with Crippen molar-refractivity contribution in [2.75, 3.05) is 50.7 Å². The Kier molecular flexibility index (Phi) is 6.24. The van der Waals surface area contributed by atoms with Gasteiger partial charge in [0.2, 0.25) is 5.91 Å². The second-order valence-electron chi connectivity index (χ2n) is 7.72. The fraction of sp³-hybridized carbons (Fsp3) is 0.737. The van der Waals surface area contributed by atoms with Crippen LogP contribution in [0.25, 0.3) is 0 Å². The number of hydrogen-bond acceptors (Lipinski definition) is 5. The highest BCUT2D eigenvalue weighted by Gasteiger charge is 2.29. The minimum Gasteiger partial charge on any atom is -0.353 e. The van der Waals surface area contributed by atoms with E-state index in [1.165, 1.54) is 0 Å². The van der Waals surface area contributed by atoms with E-state index in [4.69, 9.17) is 0 Å². The first-order valence-electron chi connectivity index (χ1n) is 9.67. The average molecular weight is 345 g/mol. The zero-order valence-corrected chi connectivity index (χ0v) is 15.6. The standard InChI is InChI=1S/C19H31N5O/c1-16(2)15-22-11-6-17(7-12-22)19(25)24-10-4-9-23(13-14-24)18-5-3-8-20-21-18/h3,5,8,16-17H,4,6-7,9-15H2,1-2H3. The van der Waals surface area contributed by atoms with Crippen LogP contribution in [0.3, 0.4) is 0 Å². The third kappa shape index (κ3) is 4.91. The summed E-state index contributed by atoms with van der Waals surface area (Å²) in [6, 6.07) is 3.91. The van der Waals surface area contributed by atoms with Crippen molar-refractivity contribution >= 4 is 11.7 Å². The predicted octanol–water partition coefficient (Wildman–Crippen LogP) is 1.88. The molecule has 0 radical (unpaired) electrons. The Morgan fingerprint density at radius 1 is 1.16 bits per heavy atom. The third-order valence-electron chi connectivity index (χ3n) is 5.25. The lowest BCUT2D eigenvalue weighted by molar-refractivity contribution is -0.136. The van der Waals surface area contributed by atoms with Gasteiger partial charge in [-0.25, -0.2) is 0 Å². The van der Waals surface area contributed by atoms with Crippen LogP contribution in [0.15, 0.2) is 18.3 Å². The summed E-state index contributed by atoms with van der Waals surface area (Å²) in [5.74, 6) is 2.19. The number of likely N-dealkylation sites (tertiary alicyclic amines) is 1. The van der Waals surface area contributed by atoms with Gasteiger partial charge in [-0.15, -0.1) is 5.10 Å². The van der Waals surface area contributed by atoms with E-state index in [0.717, 1.165) is 70.9 Å². The Bertz CT molecular complexity index is 542. The second-order valence-corrected chi connectivity index (χ2v) is 7.72. The van der Waals surface area contributed by atoms with Crippen molar-refractivity contribution in [3.63, 3.8) is 0 Å².